The average molecular weight is 304 g/mol. The summed E-state index contributed by atoms with van der Waals surface area (Å²) in [6.07, 6.45) is 1.54. The molecule has 0 saturated carbocycles. The van der Waals surface area contributed by atoms with E-state index in [-0.39, 0.29) is 0 Å². The summed E-state index contributed by atoms with van der Waals surface area (Å²) in [4.78, 5) is 8.49. The van der Waals surface area contributed by atoms with Gasteiger partial charge in [0.05, 0.1) is 5.52 Å². The van der Waals surface area contributed by atoms with Crippen molar-refractivity contribution in [3.63, 3.8) is 0 Å². The molecule has 0 bridgehead atoms. The topological polar surface area (TPSA) is 37.8 Å². The van der Waals surface area contributed by atoms with Crippen molar-refractivity contribution in [3.8, 4) is 0 Å². The van der Waals surface area contributed by atoms with Crippen LogP contribution in [0.25, 0.3) is 10.9 Å². The maximum absolute atomic E-state index is 6.03. The van der Waals surface area contributed by atoms with E-state index in [4.69, 9.17) is 23.2 Å². The normalized spacial score (nSPS) is 10.7. The Labute approximate surface area is 126 Å². The molecule has 3 aromatic rings. The molecule has 0 amide bonds. The molecule has 0 fully saturated rings. The number of fused-ring (bicyclic) bond motifs is 1. The number of nitrogens with zero attached hydrogens (tertiary/aromatic N) is 2. The molecular formula is C15H11Cl2N3. The third kappa shape index (κ3) is 2.84. The van der Waals surface area contributed by atoms with E-state index in [1.54, 1.807) is 0 Å². The molecule has 1 N–H and O–H groups in total. The number of hydrogen-bond donors (Lipinski definition) is 1. The van der Waals surface area contributed by atoms with Gasteiger partial charge in [-0.1, -0.05) is 35.3 Å². The first-order chi connectivity index (χ1) is 9.72. The highest BCUT2D eigenvalue weighted by Crippen LogP contribution is 2.23. The van der Waals surface area contributed by atoms with E-state index in [0.717, 1.165) is 27.3 Å². The van der Waals surface area contributed by atoms with E-state index >= 15 is 0 Å². The molecule has 5 heteroatoms. The van der Waals surface area contributed by atoms with Crippen LogP contribution in [-0.4, -0.2) is 9.97 Å². The Morgan fingerprint density at radius 1 is 0.950 bits per heavy atom. The lowest BCUT2D eigenvalue weighted by atomic mass is 10.2. The maximum atomic E-state index is 6.03. The lowest BCUT2D eigenvalue weighted by molar-refractivity contribution is 1.10. The van der Waals surface area contributed by atoms with Crippen molar-refractivity contribution in [2.45, 2.75) is 6.54 Å². The summed E-state index contributed by atoms with van der Waals surface area (Å²) < 4.78 is 0. The van der Waals surface area contributed by atoms with Crippen LogP contribution in [0.3, 0.4) is 0 Å². The molecule has 0 unspecified atom stereocenters. The average Bonchev–Trinajstić information content (AvgIpc) is 2.45. The van der Waals surface area contributed by atoms with Gasteiger partial charge < -0.3 is 5.32 Å². The van der Waals surface area contributed by atoms with Gasteiger partial charge >= 0.3 is 0 Å². The molecule has 3 nitrogen and oxygen atoms in total. The molecule has 0 aliphatic rings. The van der Waals surface area contributed by atoms with E-state index in [0.29, 0.717) is 11.6 Å². The molecule has 1 heterocycles. The van der Waals surface area contributed by atoms with Crippen molar-refractivity contribution in [3.05, 3.63) is 64.4 Å². The van der Waals surface area contributed by atoms with Gasteiger partial charge in [-0.15, -0.1) is 0 Å². The Kier molecular flexibility index (Phi) is 3.72. The van der Waals surface area contributed by atoms with Crippen LogP contribution >= 0.6 is 23.2 Å². The minimum Gasteiger partial charge on any atom is -0.365 e. The summed E-state index contributed by atoms with van der Waals surface area (Å²) in [6.45, 7) is 0.638. The van der Waals surface area contributed by atoms with Crippen molar-refractivity contribution in [1.82, 2.24) is 9.97 Å². The first-order valence-electron chi connectivity index (χ1n) is 6.11. The van der Waals surface area contributed by atoms with Gasteiger partial charge in [-0.25, -0.2) is 9.97 Å². The molecule has 0 radical (unpaired) electrons. The lowest BCUT2D eigenvalue weighted by Gasteiger charge is -2.08. The van der Waals surface area contributed by atoms with Crippen LogP contribution in [0.4, 0.5) is 5.82 Å². The summed E-state index contributed by atoms with van der Waals surface area (Å²) in [5.74, 6) is 0.762. The molecule has 0 spiro atoms. The fraction of sp³-hybridized carbons (Fsp3) is 0.0667. The zero-order chi connectivity index (χ0) is 13.9. The van der Waals surface area contributed by atoms with Crippen LogP contribution < -0.4 is 5.32 Å². The van der Waals surface area contributed by atoms with Crippen LogP contribution in [-0.2, 0) is 6.54 Å². The molecule has 1 aromatic heterocycles. The SMILES string of the molecule is Clc1cccc(CNc2ncnc3ccc(Cl)cc23)c1. The number of anilines is 1. The smallest absolute Gasteiger partial charge is 0.137 e. The molecule has 0 saturated heterocycles. The first kappa shape index (κ1) is 13.2. The number of nitrogens with one attached hydrogen (secondary N) is 1. The standard InChI is InChI=1S/C15H11Cl2N3/c16-11-3-1-2-10(6-11)8-18-15-13-7-12(17)4-5-14(13)19-9-20-15/h1-7,9H,8H2,(H,18,19,20). The number of hydrogen-bond acceptors (Lipinski definition) is 3. The van der Waals surface area contributed by atoms with Crippen LogP contribution in [0.2, 0.25) is 10.0 Å². The van der Waals surface area contributed by atoms with E-state index in [2.05, 4.69) is 15.3 Å². The Morgan fingerprint density at radius 3 is 2.65 bits per heavy atom. The number of aromatic nitrogens is 2. The van der Waals surface area contributed by atoms with Crippen LogP contribution in [0.1, 0.15) is 5.56 Å². The van der Waals surface area contributed by atoms with E-state index in [9.17, 15) is 0 Å². The van der Waals surface area contributed by atoms with Gasteiger partial charge in [-0.2, -0.15) is 0 Å². The number of benzene rings is 2. The van der Waals surface area contributed by atoms with Crippen LogP contribution in [0.15, 0.2) is 48.8 Å². The highest BCUT2D eigenvalue weighted by Gasteiger charge is 2.04. The Bertz CT molecular complexity index is 759. The van der Waals surface area contributed by atoms with Gasteiger partial charge in [-0.3, -0.25) is 0 Å². The van der Waals surface area contributed by atoms with E-state index in [1.165, 1.54) is 6.33 Å². The Hall–Kier alpha value is -1.84. The van der Waals surface area contributed by atoms with Crippen molar-refractivity contribution in [2.24, 2.45) is 0 Å². The minimum atomic E-state index is 0.638. The molecule has 0 aliphatic carbocycles. The third-order valence-corrected chi connectivity index (χ3v) is 3.42. The van der Waals surface area contributed by atoms with Gasteiger partial charge in [0.1, 0.15) is 12.1 Å². The lowest BCUT2D eigenvalue weighted by Crippen LogP contribution is -2.02. The van der Waals surface area contributed by atoms with E-state index < -0.39 is 0 Å². The number of halogens is 2. The van der Waals surface area contributed by atoms with Crippen LogP contribution in [0.5, 0.6) is 0 Å². The van der Waals surface area contributed by atoms with Crippen molar-refractivity contribution in [1.29, 1.82) is 0 Å². The van der Waals surface area contributed by atoms with Gasteiger partial charge in [0, 0.05) is 22.0 Å². The predicted molar refractivity (Wildman–Crippen MR) is 83.3 cm³/mol. The van der Waals surface area contributed by atoms with Crippen molar-refractivity contribution in [2.75, 3.05) is 5.32 Å². The van der Waals surface area contributed by atoms with Crippen LogP contribution in [0, 0.1) is 0 Å². The third-order valence-electron chi connectivity index (χ3n) is 2.95. The second-order valence-electron chi connectivity index (χ2n) is 4.37. The summed E-state index contributed by atoms with van der Waals surface area (Å²) in [7, 11) is 0. The first-order valence-corrected chi connectivity index (χ1v) is 6.86. The zero-order valence-corrected chi connectivity index (χ0v) is 12.0. The molecule has 3 rings (SSSR count). The maximum Gasteiger partial charge on any atom is 0.137 e. The molecule has 0 atom stereocenters. The molecule has 20 heavy (non-hydrogen) atoms. The monoisotopic (exact) mass is 303 g/mol. The summed E-state index contributed by atoms with van der Waals surface area (Å²) in [6, 6.07) is 13.3. The van der Waals surface area contributed by atoms with Crippen molar-refractivity contribution < 1.29 is 0 Å². The molecule has 100 valence electrons. The second-order valence-corrected chi connectivity index (χ2v) is 5.24. The highest BCUT2D eigenvalue weighted by atomic mass is 35.5. The largest absolute Gasteiger partial charge is 0.365 e. The van der Waals surface area contributed by atoms with Gasteiger partial charge in [0.15, 0.2) is 0 Å². The van der Waals surface area contributed by atoms with Gasteiger partial charge in [0.2, 0.25) is 0 Å². The Balaban J connectivity index is 1.89. The van der Waals surface area contributed by atoms with Gasteiger partial charge in [0.25, 0.3) is 0 Å². The highest BCUT2D eigenvalue weighted by molar-refractivity contribution is 6.31. The second kappa shape index (κ2) is 5.65. The number of rotatable bonds is 3. The predicted octanol–water partition coefficient (Wildman–Crippen LogP) is 4.55. The molecular weight excluding hydrogens is 293 g/mol. The fourth-order valence-corrected chi connectivity index (χ4v) is 2.39. The van der Waals surface area contributed by atoms with E-state index in [1.807, 2.05) is 42.5 Å². The zero-order valence-electron chi connectivity index (χ0n) is 10.5. The van der Waals surface area contributed by atoms with Crippen molar-refractivity contribution >= 4 is 39.9 Å². The summed E-state index contributed by atoms with van der Waals surface area (Å²) >= 11 is 12.0. The molecule has 2 aromatic carbocycles. The minimum absolute atomic E-state index is 0.638. The fourth-order valence-electron chi connectivity index (χ4n) is 2.00. The quantitative estimate of drug-likeness (QED) is 0.771. The van der Waals surface area contributed by atoms with Gasteiger partial charge in [-0.05, 0) is 35.9 Å². The summed E-state index contributed by atoms with van der Waals surface area (Å²) in [5.41, 5.74) is 1.95. The Morgan fingerprint density at radius 2 is 1.80 bits per heavy atom. The summed E-state index contributed by atoms with van der Waals surface area (Å²) in [5, 5.41) is 5.58. The molecule has 0 aliphatic heterocycles.